The van der Waals surface area contributed by atoms with Crippen molar-refractivity contribution in [2.24, 2.45) is 0 Å². The van der Waals surface area contributed by atoms with Crippen molar-refractivity contribution in [3.8, 4) is 23.0 Å². The first-order chi connectivity index (χ1) is 13.2. The van der Waals surface area contributed by atoms with Crippen molar-refractivity contribution in [1.82, 2.24) is 0 Å². The number of ether oxygens (including phenoxy) is 3. The van der Waals surface area contributed by atoms with E-state index in [1.54, 1.807) is 12.1 Å². The van der Waals surface area contributed by atoms with E-state index in [1.807, 2.05) is 67.6 Å². The van der Waals surface area contributed by atoms with Gasteiger partial charge in [0, 0.05) is 0 Å². The van der Waals surface area contributed by atoms with Crippen LogP contribution in [-0.4, -0.2) is 18.6 Å². The van der Waals surface area contributed by atoms with Crippen LogP contribution in [0.15, 0.2) is 72.8 Å². The summed E-state index contributed by atoms with van der Waals surface area (Å²) >= 11 is 0. The molecule has 27 heavy (non-hydrogen) atoms. The molecule has 136 valence electrons. The van der Waals surface area contributed by atoms with Crippen LogP contribution in [0.25, 0.3) is 0 Å². The zero-order chi connectivity index (χ0) is 18.6. The number of aryl methyl sites for hydroxylation is 1. The Kier molecular flexibility index (Phi) is 4.66. The Morgan fingerprint density at radius 3 is 2.48 bits per heavy atom. The molecule has 0 spiro atoms. The van der Waals surface area contributed by atoms with Crippen molar-refractivity contribution in [2.45, 2.75) is 13.0 Å². The fourth-order valence-corrected chi connectivity index (χ4v) is 2.75. The van der Waals surface area contributed by atoms with Crippen LogP contribution >= 0.6 is 0 Å². The molecule has 3 aromatic carbocycles. The van der Waals surface area contributed by atoms with Crippen LogP contribution in [0.3, 0.4) is 0 Å². The van der Waals surface area contributed by atoms with Gasteiger partial charge in [0.15, 0.2) is 17.2 Å². The average Bonchev–Trinajstić information content (AvgIpc) is 2.70. The van der Waals surface area contributed by atoms with Gasteiger partial charge in [-0.05, 0) is 43.3 Å². The lowest BCUT2D eigenvalue weighted by molar-refractivity contribution is -0.125. The van der Waals surface area contributed by atoms with Gasteiger partial charge in [0.1, 0.15) is 12.4 Å². The van der Waals surface area contributed by atoms with E-state index >= 15 is 0 Å². The molecule has 0 saturated carbocycles. The lowest BCUT2D eigenvalue weighted by Crippen LogP contribution is -2.40. The van der Waals surface area contributed by atoms with Gasteiger partial charge in [-0.3, -0.25) is 4.79 Å². The van der Waals surface area contributed by atoms with E-state index in [9.17, 15) is 4.79 Å². The number of benzene rings is 3. The van der Waals surface area contributed by atoms with Crippen LogP contribution in [0.5, 0.6) is 23.0 Å². The van der Waals surface area contributed by atoms with E-state index in [-0.39, 0.29) is 12.5 Å². The van der Waals surface area contributed by atoms with Crippen molar-refractivity contribution < 1.29 is 19.0 Å². The molecule has 1 aliphatic heterocycles. The van der Waals surface area contributed by atoms with Gasteiger partial charge in [-0.25, -0.2) is 0 Å². The largest absolute Gasteiger partial charge is 0.485 e. The molecule has 0 radical (unpaired) electrons. The quantitative estimate of drug-likeness (QED) is 0.740. The number of nitrogens with one attached hydrogen (secondary N) is 1. The van der Waals surface area contributed by atoms with E-state index < -0.39 is 6.10 Å². The lowest BCUT2D eigenvalue weighted by atomic mass is 10.2. The third-order valence-electron chi connectivity index (χ3n) is 4.19. The van der Waals surface area contributed by atoms with Gasteiger partial charge in [-0.15, -0.1) is 0 Å². The predicted octanol–water partition coefficient (Wildman–Crippen LogP) is 4.57. The van der Waals surface area contributed by atoms with E-state index in [1.165, 1.54) is 0 Å². The molecule has 0 aromatic heterocycles. The third-order valence-corrected chi connectivity index (χ3v) is 4.19. The Balaban J connectivity index is 1.48. The molecule has 0 aliphatic carbocycles. The highest BCUT2D eigenvalue weighted by atomic mass is 16.6. The van der Waals surface area contributed by atoms with Gasteiger partial charge in [-0.2, -0.15) is 0 Å². The van der Waals surface area contributed by atoms with E-state index in [2.05, 4.69) is 5.32 Å². The SMILES string of the molecule is Cc1ccc(Oc2ccccc2NC(=O)[C@@H]2COc3ccccc3O2)cc1. The molecule has 1 aliphatic rings. The molecular weight excluding hydrogens is 342 g/mol. The molecule has 1 atom stereocenters. The molecular formula is C22H19NO4. The minimum atomic E-state index is -0.729. The van der Waals surface area contributed by atoms with Crippen LogP contribution in [0.1, 0.15) is 5.56 Å². The summed E-state index contributed by atoms with van der Waals surface area (Å²) in [6.07, 6.45) is -0.729. The summed E-state index contributed by atoms with van der Waals surface area (Å²) in [7, 11) is 0. The fourth-order valence-electron chi connectivity index (χ4n) is 2.75. The fraction of sp³-hybridized carbons (Fsp3) is 0.136. The summed E-state index contributed by atoms with van der Waals surface area (Å²) in [6.45, 7) is 2.17. The zero-order valence-corrected chi connectivity index (χ0v) is 14.8. The van der Waals surface area contributed by atoms with E-state index in [0.717, 1.165) is 5.56 Å². The highest BCUT2D eigenvalue weighted by molar-refractivity contribution is 5.96. The van der Waals surface area contributed by atoms with Crippen molar-refractivity contribution in [1.29, 1.82) is 0 Å². The highest BCUT2D eigenvalue weighted by Crippen LogP contribution is 2.32. The highest BCUT2D eigenvalue weighted by Gasteiger charge is 2.27. The molecule has 0 fully saturated rings. The molecule has 1 N–H and O–H groups in total. The van der Waals surface area contributed by atoms with Gasteiger partial charge >= 0.3 is 0 Å². The summed E-state index contributed by atoms with van der Waals surface area (Å²) in [5, 5.41) is 2.87. The third kappa shape index (κ3) is 3.87. The van der Waals surface area contributed by atoms with Crippen LogP contribution in [0.2, 0.25) is 0 Å². The summed E-state index contributed by atoms with van der Waals surface area (Å²) < 4.78 is 17.3. The number of hydrogen-bond acceptors (Lipinski definition) is 4. The number of anilines is 1. The Morgan fingerprint density at radius 2 is 1.67 bits per heavy atom. The molecule has 1 amide bonds. The van der Waals surface area contributed by atoms with Gasteiger partial charge in [0.2, 0.25) is 6.10 Å². The molecule has 5 nitrogen and oxygen atoms in total. The van der Waals surface area contributed by atoms with Crippen LogP contribution < -0.4 is 19.5 Å². The molecule has 3 aromatic rings. The van der Waals surface area contributed by atoms with Gasteiger partial charge in [-0.1, -0.05) is 42.0 Å². The summed E-state index contributed by atoms with van der Waals surface area (Å²) in [5.41, 5.74) is 1.73. The van der Waals surface area contributed by atoms with Crippen molar-refractivity contribution in [3.63, 3.8) is 0 Å². The number of rotatable bonds is 4. The van der Waals surface area contributed by atoms with E-state index in [4.69, 9.17) is 14.2 Å². The average molecular weight is 361 g/mol. The molecule has 0 unspecified atom stereocenters. The second kappa shape index (κ2) is 7.41. The first-order valence-corrected chi connectivity index (χ1v) is 8.72. The minimum Gasteiger partial charge on any atom is -0.485 e. The smallest absolute Gasteiger partial charge is 0.269 e. The zero-order valence-electron chi connectivity index (χ0n) is 14.8. The first kappa shape index (κ1) is 17.0. The van der Waals surface area contributed by atoms with Crippen LogP contribution in [0.4, 0.5) is 5.69 Å². The predicted molar refractivity (Wildman–Crippen MR) is 103 cm³/mol. The number of carbonyl (C=O) groups is 1. The number of amides is 1. The molecule has 4 rings (SSSR count). The Bertz CT molecular complexity index is 953. The molecule has 5 heteroatoms. The number of carbonyl (C=O) groups excluding carboxylic acids is 1. The minimum absolute atomic E-state index is 0.157. The second-order valence-electron chi connectivity index (χ2n) is 6.26. The number of para-hydroxylation sites is 4. The van der Waals surface area contributed by atoms with Crippen molar-refractivity contribution >= 4 is 11.6 Å². The Hall–Kier alpha value is -3.47. The lowest BCUT2D eigenvalue weighted by Gasteiger charge is -2.25. The molecule has 0 saturated heterocycles. The van der Waals surface area contributed by atoms with Crippen LogP contribution in [0, 0.1) is 6.92 Å². The monoisotopic (exact) mass is 361 g/mol. The van der Waals surface area contributed by atoms with E-state index in [0.29, 0.717) is 28.7 Å². The van der Waals surface area contributed by atoms with Gasteiger partial charge < -0.3 is 19.5 Å². The van der Waals surface area contributed by atoms with Crippen LogP contribution in [-0.2, 0) is 4.79 Å². The van der Waals surface area contributed by atoms with Gasteiger partial charge in [0.25, 0.3) is 5.91 Å². The number of hydrogen-bond donors (Lipinski definition) is 1. The summed E-state index contributed by atoms with van der Waals surface area (Å²) in [6, 6.07) is 22.3. The maximum absolute atomic E-state index is 12.7. The second-order valence-corrected chi connectivity index (χ2v) is 6.26. The maximum Gasteiger partial charge on any atom is 0.269 e. The standard InChI is InChI=1S/C22H19NO4/c1-15-10-12-16(13-11-15)26-18-7-3-2-6-17(18)23-22(24)21-14-25-19-8-4-5-9-20(19)27-21/h2-13,21H,14H2,1H3,(H,23,24)/t21-/m0/s1. The maximum atomic E-state index is 12.7. The first-order valence-electron chi connectivity index (χ1n) is 8.72. The number of fused-ring (bicyclic) bond motifs is 1. The van der Waals surface area contributed by atoms with Crippen molar-refractivity contribution in [3.05, 3.63) is 78.4 Å². The Morgan fingerprint density at radius 1 is 0.963 bits per heavy atom. The molecule has 1 heterocycles. The summed E-state index contributed by atoms with van der Waals surface area (Å²) in [4.78, 5) is 12.7. The van der Waals surface area contributed by atoms with Crippen molar-refractivity contribution in [2.75, 3.05) is 11.9 Å². The van der Waals surface area contributed by atoms with Gasteiger partial charge in [0.05, 0.1) is 5.69 Å². The molecule has 0 bridgehead atoms. The Labute approximate surface area is 157 Å². The topological polar surface area (TPSA) is 56.8 Å². The summed E-state index contributed by atoms with van der Waals surface area (Å²) in [5.74, 6) is 2.18. The normalized spacial score (nSPS) is 15.1.